The Balaban J connectivity index is 1.16. The molecule has 0 aliphatic carbocycles. The molecule has 1 amide bonds. The second-order valence-electron chi connectivity index (χ2n) is 10.6. The fraction of sp³-hybridized carbons (Fsp3) is 0.323. The Morgan fingerprint density at radius 1 is 1.21 bits per heavy atom. The van der Waals surface area contributed by atoms with E-state index >= 15 is 0 Å². The van der Waals surface area contributed by atoms with E-state index in [4.69, 9.17) is 21.0 Å². The number of fused-ring (bicyclic) bond motifs is 1. The molecule has 0 saturated carbocycles. The molecule has 2 aromatic heterocycles. The highest BCUT2D eigenvalue weighted by molar-refractivity contribution is 5.92. The SMILES string of the molecule is [C-]#[N+]c1ccc(COc2cccc(N3CCN([C@@H](C)c4nc5ccc(C(=O)O)cc5n4C[C@@H]4CCO4)C(=O)C3)n2)c(F)c1. The summed E-state index contributed by atoms with van der Waals surface area (Å²) < 4.78 is 27.6. The molecule has 2 atom stereocenters. The van der Waals surface area contributed by atoms with Gasteiger partial charge in [-0.3, -0.25) is 4.79 Å². The maximum Gasteiger partial charge on any atom is 0.335 e. The van der Waals surface area contributed by atoms with Gasteiger partial charge in [-0.25, -0.2) is 19.0 Å². The van der Waals surface area contributed by atoms with E-state index in [1.807, 2.05) is 16.4 Å². The summed E-state index contributed by atoms with van der Waals surface area (Å²) in [5.41, 5.74) is 2.07. The zero-order valence-electron chi connectivity index (χ0n) is 23.4. The van der Waals surface area contributed by atoms with Crippen LogP contribution in [-0.2, 0) is 22.7 Å². The second-order valence-corrected chi connectivity index (χ2v) is 10.6. The van der Waals surface area contributed by atoms with Gasteiger partial charge in [-0.05, 0) is 43.7 Å². The van der Waals surface area contributed by atoms with E-state index in [2.05, 4.69) is 9.83 Å². The molecule has 0 radical (unpaired) electrons. The molecule has 2 saturated heterocycles. The smallest absolute Gasteiger partial charge is 0.335 e. The summed E-state index contributed by atoms with van der Waals surface area (Å²) >= 11 is 0. The van der Waals surface area contributed by atoms with Crippen molar-refractivity contribution in [1.29, 1.82) is 0 Å². The number of imidazole rings is 1. The van der Waals surface area contributed by atoms with Crippen LogP contribution in [0, 0.1) is 12.4 Å². The van der Waals surface area contributed by atoms with E-state index in [9.17, 15) is 19.1 Å². The van der Waals surface area contributed by atoms with Crippen molar-refractivity contribution in [2.24, 2.45) is 0 Å². The van der Waals surface area contributed by atoms with Crippen LogP contribution in [0.2, 0.25) is 0 Å². The molecule has 2 aliphatic rings. The minimum Gasteiger partial charge on any atom is -0.478 e. The number of piperazine rings is 1. The summed E-state index contributed by atoms with van der Waals surface area (Å²) in [6.45, 7) is 11.2. The molecular formula is C31H29FN6O5. The van der Waals surface area contributed by atoms with Gasteiger partial charge in [0.2, 0.25) is 11.8 Å². The molecule has 2 fully saturated rings. The number of aromatic carboxylic acids is 1. The average molecular weight is 585 g/mol. The highest BCUT2D eigenvalue weighted by Crippen LogP contribution is 2.30. The standard InChI is InChI=1S/C31H29FN6O5/c1-19(30-34-25-9-7-20(31(40)41)14-26(25)38(30)16-23-10-13-42-23)37-12-11-36(17-29(37)39)27-4-3-5-28(35-27)43-18-21-6-8-22(33-2)15-24(21)32/h3-9,14-15,19,23H,10-13,16-18H2,1H3,(H,40,41)/t19-,23-/m0/s1. The zero-order chi connectivity index (χ0) is 30.1. The average Bonchev–Trinajstić information content (AvgIpc) is 3.35. The molecular weight excluding hydrogens is 555 g/mol. The number of hydrogen-bond acceptors (Lipinski definition) is 7. The van der Waals surface area contributed by atoms with Crippen molar-refractivity contribution in [1.82, 2.24) is 19.4 Å². The number of nitrogens with zero attached hydrogens (tertiary/aromatic N) is 6. The lowest BCUT2D eigenvalue weighted by Gasteiger charge is -2.38. The third-order valence-corrected chi connectivity index (χ3v) is 7.88. The Bertz CT molecular complexity index is 1750. The molecule has 6 rings (SSSR count). The normalized spacial score (nSPS) is 17.4. The molecule has 1 N–H and O–H groups in total. The number of amides is 1. The summed E-state index contributed by atoms with van der Waals surface area (Å²) in [6.07, 6.45) is 0.919. The predicted octanol–water partition coefficient (Wildman–Crippen LogP) is 4.60. The fourth-order valence-corrected chi connectivity index (χ4v) is 5.38. The molecule has 0 bridgehead atoms. The number of aromatic nitrogens is 3. The third-order valence-electron chi connectivity index (χ3n) is 7.88. The van der Waals surface area contributed by atoms with Gasteiger partial charge in [0, 0.05) is 31.3 Å². The van der Waals surface area contributed by atoms with Gasteiger partial charge in [0.1, 0.15) is 24.1 Å². The van der Waals surface area contributed by atoms with Crippen molar-refractivity contribution in [2.75, 3.05) is 31.1 Å². The van der Waals surface area contributed by atoms with Crippen LogP contribution in [0.3, 0.4) is 0 Å². The summed E-state index contributed by atoms with van der Waals surface area (Å²) in [4.78, 5) is 41.3. The Hall–Kier alpha value is -5.02. The number of carboxylic acid groups (broad SMARTS) is 1. The van der Waals surface area contributed by atoms with Crippen molar-refractivity contribution in [3.8, 4) is 5.88 Å². The lowest BCUT2D eigenvalue weighted by atomic mass is 10.1. The third kappa shape index (κ3) is 5.72. The first-order valence-electron chi connectivity index (χ1n) is 14.0. The molecule has 43 heavy (non-hydrogen) atoms. The number of pyridine rings is 1. The molecule has 2 aromatic carbocycles. The molecule has 0 spiro atoms. The fourth-order valence-electron chi connectivity index (χ4n) is 5.38. The highest BCUT2D eigenvalue weighted by atomic mass is 19.1. The Kier molecular flexibility index (Phi) is 7.65. The van der Waals surface area contributed by atoms with Crippen LogP contribution in [0.5, 0.6) is 5.88 Å². The van der Waals surface area contributed by atoms with Gasteiger partial charge in [0.05, 0.1) is 48.4 Å². The summed E-state index contributed by atoms with van der Waals surface area (Å²) in [6, 6.07) is 14.0. The number of hydrogen-bond donors (Lipinski definition) is 1. The van der Waals surface area contributed by atoms with Gasteiger partial charge in [-0.15, -0.1) is 0 Å². The molecule has 4 heterocycles. The molecule has 4 aromatic rings. The summed E-state index contributed by atoms with van der Waals surface area (Å²) in [7, 11) is 0. The number of benzene rings is 2. The van der Waals surface area contributed by atoms with Gasteiger partial charge in [0.15, 0.2) is 5.69 Å². The largest absolute Gasteiger partial charge is 0.478 e. The van der Waals surface area contributed by atoms with Crippen LogP contribution in [0.25, 0.3) is 15.9 Å². The van der Waals surface area contributed by atoms with E-state index in [0.717, 1.165) is 6.42 Å². The van der Waals surface area contributed by atoms with Gasteiger partial charge in [-0.2, -0.15) is 4.98 Å². The van der Waals surface area contributed by atoms with E-state index in [1.54, 1.807) is 35.2 Å². The van der Waals surface area contributed by atoms with Crippen molar-refractivity contribution in [3.63, 3.8) is 0 Å². The minimum atomic E-state index is -1.01. The van der Waals surface area contributed by atoms with E-state index < -0.39 is 11.8 Å². The maximum atomic E-state index is 14.3. The lowest BCUT2D eigenvalue weighted by Crippen LogP contribution is -2.51. The predicted molar refractivity (Wildman–Crippen MR) is 155 cm³/mol. The van der Waals surface area contributed by atoms with Crippen molar-refractivity contribution >= 4 is 34.4 Å². The van der Waals surface area contributed by atoms with Crippen LogP contribution in [0.1, 0.15) is 41.1 Å². The number of anilines is 1. The maximum absolute atomic E-state index is 14.3. The van der Waals surface area contributed by atoms with Crippen LogP contribution in [-0.4, -0.2) is 68.8 Å². The van der Waals surface area contributed by atoms with Gasteiger partial charge >= 0.3 is 5.97 Å². The van der Waals surface area contributed by atoms with Gasteiger partial charge in [0.25, 0.3) is 0 Å². The Morgan fingerprint density at radius 2 is 2.05 bits per heavy atom. The first kappa shape index (κ1) is 28.1. The zero-order valence-corrected chi connectivity index (χ0v) is 23.4. The highest BCUT2D eigenvalue weighted by Gasteiger charge is 2.33. The quantitative estimate of drug-likeness (QED) is 0.284. The topological polar surface area (TPSA) is 114 Å². The number of carbonyl (C=O) groups excluding carboxylic acids is 1. The number of carboxylic acids is 1. The van der Waals surface area contributed by atoms with E-state index in [-0.39, 0.29) is 42.5 Å². The molecule has 11 nitrogen and oxygen atoms in total. The summed E-state index contributed by atoms with van der Waals surface area (Å²) in [5.74, 6) is -0.0873. The van der Waals surface area contributed by atoms with Crippen LogP contribution < -0.4 is 9.64 Å². The number of ether oxygens (including phenoxy) is 2. The molecule has 12 heteroatoms. The monoisotopic (exact) mass is 584 g/mol. The van der Waals surface area contributed by atoms with Crippen molar-refractivity contribution in [3.05, 3.63) is 88.8 Å². The lowest BCUT2D eigenvalue weighted by molar-refractivity contribution is -0.133. The first-order valence-corrected chi connectivity index (χ1v) is 14.0. The molecule has 220 valence electrons. The summed E-state index contributed by atoms with van der Waals surface area (Å²) in [5, 5.41) is 9.53. The number of rotatable bonds is 9. The second kappa shape index (κ2) is 11.7. The van der Waals surface area contributed by atoms with Crippen LogP contribution >= 0.6 is 0 Å². The van der Waals surface area contributed by atoms with E-state index in [0.29, 0.717) is 60.4 Å². The minimum absolute atomic E-state index is 0.0135. The van der Waals surface area contributed by atoms with Crippen LogP contribution in [0.4, 0.5) is 15.9 Å². The van der Waals surface area contributed by atoms with Crippen LogP contribution in [0.15, 0.2) is 54.6 Å². The molecule has 2 aliphatic heterocycles. The van der Waals surface area contributed by atoms with Gasteiger partial charge in [-0.1, -0.05) is 18.2 Å². The first-order chi connectivity index (χ1) is 20.8. The van der Waals surface area contributed by atoms with E-state index in [1.165, 1.54) is 24.3 Å². The number of halogens is 1. The number of carbonyl (C=O) groups is 2. The van der Waals surface area contributed by atoms with Crippen molar-refractivity contribution in [2.45, 2.75) is 38.6 Å². The van der Waals surface area contributed by atoms with Gasteiger partial charge < -0.3 is 28.9 Å². The molecule has 0 unspecified atom stereocenters. The van der Waals surface area contributed by atoms with Crippen molar-refractivity contribution < 1.29 is 28.6 Å². The Labute approximate surface area is 246 Å². The Morgan fingerprint density at radius 3 is 2.74 bits per heavy atom.